The maximum atomic E-state index is 5.41. The fraction of sp³-hybridized carbons (Fsp3) is 0.250. The molecule has 1 aromatic carbocycles. The number of anilines is 1. The lowest BCUT2D eigenvalue weighted by molar-refractivity contribution is 1.06. The second-order valence-corrected chi connectivity index (χ2v) is 3.24. The molecule has 0 saturated carbocycles. The first-order valence-corrected chi connectivity index (χ1v) is 4.63. The van der Waals surface area contributed by atoms with E-state index in [-0.39, 0.29) is 0 Å². The number of benzene rings is 1. The van der Waals surface area contributed by atoms with Gasteiger partial charge in [-0.3, -0.25) is 0 Å². The lowest BCUT2D eigenvalue weighted by atomic mass is 10.1. The van der Waals surface area contributed by atoms with Gasteiger partial charge in [-0.05, 0) is 43.0 Å². The van der Waals surface area contributed by atoms with Gasteiger partial charge in [0.1, 0.15) is 0 Å². The van der Waals surface area contributed by atoms with E-state index in [2.05, 4.69) is 35.7 Å². The number of hydrogen-bond acceptors (Lipinski definition) is 1. The van der Waals surface area contributed by atoms with Crippen molar-refractivity contribution in [2.45, 2.75) is 12.8 Å². The zero-order valence-electron chi connectivity index (χ0n) is 7.59. The molecular weight excluding hydrogens is 158 g/mol. The molecule has 0 unspecified atom stereocenters. The fourth-order valence-corrected chi connectivity index (χ4v) is 1.58. The number of hydrogen-bond donors (Lipinski definition) is 1. The van der Waals surface area contributed by atoms with Crippen LogP contribution in [0, 0.1) is 6.92 Å². The minimum atomic E-state index is 0.674. The maximum absolute atomic E-state index is 5.41. The monoisotopic (exact) mass is 171 g/mol. The number of fused-ring (bicyclic) bond motifs is 1. The molecule has 0 bridgehead atoms. The Morgan fingerprint density at radius 2 is 2.31 bits per heavy atom. The standard InChI is InChI=1S/C12H13N/c1-2-8-13-12-7-6-10-4-3-5-11(10)9-12/h1,3,5-7,9,13H,2,4,8H2. The summed E-state index contributed by atoms with van der Waals surface area (Å²) in [7, 11) is 0. The van der Waals surface area contributed by atoms with Crippen LogP contribution in [0.2, 0.25) is 0 Å². The third kappa shape index (κ3) is 1.74. The van der Waals surface area contributed by atoms with E-state index in [1.54, 1.807) is 0 Å². The zero-order chi connectivity index (χ0) is 9.10. The summed E-state index contributed by atoms with van der Waals surface area (Å²) in [5.41, 5.74) is 3.91. The van der Waals surface area contributed by atoms with Crippen molar-refractivity contribution in [2.75, 3.05) is 11.9 Å². The van der Waals surface area contributed by atoms with Crippen LogP contribution in [0.25, 0.3) is 6.08 Å². The second kappa shape index (κ2) is 3.65. The zero-order valence-corrected chi connectivity index (χ0v) is 7.59. The number of allylic oxidation sites excluding steroid dienone is 1. The average Bonchev–Trinajstić information content (AvgIpc) is 2.61. The largest absolute Gasteiger partial charge is 0.385 e. The fourth-order valence-electron chi connectivity index (χ4n) is 1.58. The average molecular weight is 171 g/mol. The van der Waals surface area contributed by atoms with Gasteiger partial charge in [0, 0.05) is 12.2 Å². The van der Waals surface area contributed by atoms with Gasteiger partial charge in [-0.1, -0.05) is 18.2 Å². The normalized spacial score (nSPS) is 13.0. The van der Waals surface area contributed by atoms with E-state index in [1.165, 1.54) is 11.1 Å². The molecule has 0 spiro atoms. The molecule has 13 heavy (non-hydrogen) atoms. The molecule has 0 saturated heterocycles. The predicted molar refractivity (Wildman–Crippen MR) is 56.6 cm³/mol. The van der Waals surface area contributed by atoms with Crippen molar-refractivity contribution in [3.8, 4) is 0 Å². The van der Waals surface area contributed by atoms with Crippen LogP contribution in [-0.4, -0.2) is 6.54 Å². The van der Waals surface area contributed by atoms with Gasteiger partial charge in [-0.15, -0.1) is 0 Å². The van der Waals surface area contributed by atoms with Crippen molar-refractivity contribution >= 4 is 11.8 Å². The Morgan fingerprint density at radius 3 is 3.15 bits per heavy atom. The highest BCUT2D eigenvalue weighted by Crippen LogP contribution is 2.22. The van der Waals surface area contributed by atoms with E-state index in [1.807, 2.05) is 0 Å². The van der Waals surface area contributed by atoms with Crippen LogP contribution in [-0.2, 0) is 6.42 Å². The Bertz CT molecular complexity index is 326. The van der Waals surface area contributed by atoms with E-state index in [0.717, 1.165) is 18.7 Å². The van der Waals surface area contributed by atoms with Crippen LogP contribution >= 0.6 is 0 Å². The molecule has 0 fully saturated rings. The van der Waals surface area contributed by atoms with Gasteiger partial charge < -0.3 is 5.32 Å². The van der Waals surface area contributed by atoms with Gasteiger partial charge >= 0.3 is 0 Å². The smallest absolute Gasteiger partial charge is 0.0346 e. The van der Waals surface area contributed by atoms with Crippen LogP contribution in [0.15, 0.2) is 24.3 Å². The molecule has 0 aliphatic heterocycles. The Kier molecular flexibility index (Phi) is 2.35. The Morgan fingerprint density at radius 1 is 1.38 bits per heavy atom. The lowest BCUT2D eigenvalue weighted by Crippen LogP contribution is -1.99. The second-order valence-electron chi connectivity index (χ2n) is 3.24. The molecule has 0 aromatic heterocycles. The molecule has 1 aliphatic rings. The molecule has 2 rings (SSSR count). The van der Waals surface area contributed by atoms with E-state index in [9.17, 15) is 0 Å². The third-order valence-corrected chi connectivity index (χ3v) is 2.25. The first-order valence-electron chi connectivity index (χ1n) is 4.63. The molecule has 1 heteroatoms. The van der Waals surface area contributed by atoms with Gasteiger partial charge in [0.25, 0.3) is 0 Å². The first-order chi connectivity index (χ1) is 6.40. The topological polar surface area (TPSA) is 12.0 Å². The van der Waals surface area contributed by atoms with Crippen molar-refractivity contribution < 1.29 is 0 Å². The molecule has 1 nitrogen and oxygen atoms in total. The summed E-state index contributed by atoms with van der Waals surface area (Å²) >= 11 is 0. The first kappa shape index (κ1) is 8.36. The summed E-state index contributed by atoms with van der Waals surface area (Å²) in [4.78, 5) is 0. The molecule has 66 valence electrons. The van der Waals surface area contributed by atoms with E-state index in [4.69, 9.17) is 6.92 Å². The van der Waals surface area contributed by atoms with Crippen molar-refractivity contribution in [3.05, 3.63) is 42.3 Å². The third-order valence-electron chi connectivity index (χ3n) is 2.25. The van der Waals surface area contributed by atoms with E-state index >= 15 is 0 Å². The minimum Gasteiger partial charge on any atom is -0.385 e. The van der Waals surface area contributed by atoms with Crippen LogP contribution in [0.3, 0.4) is 0 Å². The quantitative estimate of drug-likeness (QED) is 0.737. The minimum absolute atomic E-state index is 0.674. The summed E-state index contributed by atoms with van der Waals surface area (Å²) in [5.74, 6) is 0. The summed E-state index contributed by atoms with van der Waals surface area (Å²) in [6, 6.07) is 6.46. The van der Waals surface area contributed by atoms with Gasteiger partial charge in [-0.2, -0.15) is 0 Å². The SMILES string of the molecule is [CH]CCNc1ccc2c(c1)C=CC2. The van der Waals surface area contributed by atoms with Gasteiger partial charge in [0.2, 0.25) is 0 Å². The summed E-state index contributed by atoms with van der Waals surface area (Å²) in [6.45, 7) is 6.25. The summed E-state index contributed by atoms with van der Waals surface area (Å²) < 4.78 is 0. The van der Waals surface area contributed by atoms with Crippen molar-refractivity contribution in [1.29, 1.82) is 0 Å². The number of rotatable bonds is 3. The summed E-state index contributed by atoms with van der Waals surface area (Å²) in [5, 5.41) is 3.27. The Hall–Kier alpha value is -1.24. The highest BCUT2D eigenvalue weighted by atomic mass is 14.9. The molecular formula is C12H13N. The van der Waals surface area contributed by atoms with Crippen molar-refractivity contribution in [3.63, 3.8) is 0 Å². The molecule has 0 atom stereocenters. The van der Waals surface area contributed by atoms with E-state index < -0.39 is 0 Å². The molecule has 1 aliphatic carbocycles. The highest BCUT2D eigenvalue weighted by molar-refractivity contribution is 5.65. The van der Waals surface area contributed by atoms with Crippen molar-refractivity contribution in [2.24, 2.45) is 0 Å². The van der Waals surface area contributed by atoms with Crippen LogP contribution in [0.5, 0.6) is 0 Å². The Balaban J connectivity index is 2.15. The number of nitrogens with one attached hydrogen (secondary N) is 1. The summed E-state index contributed by atoms with van der Waals surface area (Å²) in [6.07, 6.45) is 6.11. The molecule has 0 heterocycles. The van der Waals surface area contributed by atoms with Crippen LogP contribution in [0.4, 0.5) is 5.69 Å². The van der Waals surface area contributed by atoms with Crippen LogP contribution in [0.1, 0.15) is 17.5 Å². The molecule has 2 radical (unpaired) electrons. The molecule has 0 amide bonds. The van der Waals surface area contributed by atoms with Gasteiger partial charge in [0.05, 0.1) is 0 Å². The molecule has 1 aromatic rings. The van der Waals surface area contributed by atoms with E-state index in [0.29, 0.717) is 6.42 Å². The van der Waals surface area contributed by atoms with Gasteiger partial charge in [-0.25, -0.2) is 0 Å². The van der Waals surface area contributed by atoms with Crippen molar-refractivity contribution in [1.82, 2.24) is 0 Å². The highest BCUT2D eigenvalue weighted by Gasteiger charge is 2.04. The molecule has 1 N–H and O–H groups in total. The Labute approximate surface area is 79.5 Å². The lowest BCUT2D eigenvalue weighted by Gasteiger charge is -2.06. The van der Waals surface area contributed by atoms with Gasteiger partial charge in [0.15, 0.2) is 0 Å². The van der Waals surface area contributed by atoms with Crippen LogP contribution < -0.4 is 5.32 Å². The maximum Gasteiger partial charge on any atom is 0.0346 e. The predicted octanol–water partition coefficient (Wildman–Crippen LogP) is 2.77.